The van der Waals surface area contributed by atoms with Crippen LogP contribution < -0.4 is 0 Å². The Bertz CT molecular complexity index is 329. The number of ether oxygens (including phenoxy) is 1. The molecule has 17 heavy (non-hydrogen) atoms. The molecule has 0 aliphatic rings. The van der Waals surface area contributed by atoms with Crippen molar-refractivity contribution in [2.75, 3.05) is 7.05 Å². The molecule has 0 aliphatic carbocycles. The van der Waals surface area contributed by atoms with Gasteiger partial charge in [0.2, 0.25) is 5.54 Å². The van der Waals surface area contributed by atoms with Gasteiger partial charge in [-0.15, -0.1) is 0 Å². The molecule has 7 heteroatoms. The summed E-state index contributed by atoms with van der Waals surface area (Å²) in [7, 11) is 1.07. The van der Waals surface area contributed by atoms with Gasteiger partial charge in [-0.2, -0.15) is 0 Å². The molecule has 0 atom stereocenters. The Morgan fingerprint density at radius 3 is 1.59 bits per heavy atom. The van der Waals surface area contributed by atoms with E-state index in [0.717, 1.165) is 14.0 Å². The normalized spacial score (nSPS) is 11.8. The van der Waals surface area contributed by atoms with E-state index in [2.05, 4.69) is 0 Å². The fourth-order valence-corrected chi connectivity index (χ4v) is 0.891. The van der Waals surface area contributed by atoms with Gasteiger partial charge in [0, 0.05) is 7.05 Å². The van der Waals surface area contributed by atoms with Gasteiger partial charge in [-0.1, -0.05) is 0 Å². The van der Waals surface area contributed by atoms with Crippen LogP contribution in [-0.4, -0.2) is 51.3 Å². The van der Waals surface area contributed by atoms with Crippen LogP contribution in [0.1, 0.15) is 27.7 Å². The first-order chi connectivity index (χ1) is 7.43. The first kappa shape index (κ1) is 15.2. The average molecular weight is 247 g/mol. The summed E-state index contributed by atoms with van der Waals surface area (Å²) in [5.74, 6) is -3.28. The van der Waals surface area contributed by atoms with Crippen molar-refractivity contribution >= 4 is 18.0 Å². The third kappa shape index (κ3) is 3.33. The van der Waals surface area contributed by atoms with Crippen LogP contribution in [0.15, 0.2) is 0 Å². The molecule has 0 saturated heterocycles. The highest BCUT2D eigenvalue weighted by atomic mass is 16.6. The predicted octanol–water partition coefficient (Wildman–Crippen LogP) is 0.781. The zero-order chi connectivity index (χ0) is 14.0. The van der Waals surface area contributed by atoms with Gasteiger partial charge < -0.3 is 14.9 Å². The summed E-state index contributed by atoms with van der Waals surface area (Å²) >= 11 is 0. The van der Waals surface area contributed by atoms with Crippen LogP contribution in [0, 0.1) is 0 Å². The van der Waals surface area contributed by atoms with Crippen LogP contribution >= 0.6 is 0 Å². The van der Waals surface area contributed by atoms with E-state index in [0.29, 0.717) is 4.90 Å². The van der Waals surface area contributed by atoms with Crippen LogP contribution in [0.5, 0.6) is 0 Å². The number of aliphatic carboxylic acids is 2. The van der Waals surface area contributed by atoms with Gasteiger partial charge in [-0.3, -0.25) is 4.90 Å². The summed E-state index contributed by atoms with van der Waals surface area (Å²) in [5, 5.41) is 17.8. The van der Waals surface area contributed by atoms with E-state index >= 15 is 0 Å². The maximum Gasteiger partial charge on any atom is 0.411 e. The molecule has 0 aromatic heterocycles. The maximum absolute atomic E-state index is 11.6. The van der Waals surface area contributed by atoms with Crippen molar-refractivity contribution in [3.8, 4) is 0 Å². The van der Waals surface area contributed by atoms with Crippen LogP contribution in [-0.2, 0) is 14.3 Å². The van der Waals surface area contributed by atoms with Gasteiger partial charge in [0.15, 0.2) is 0 Å². The molecular formula is C10H17NO6. The second kappa shape index (κ2) is 4.60. The molecular weight excluding hydrogens is 230 g/mol. The Balaban J connectivity index is 5.13. The first-order valence-electron chi connectivity index (χ1n) is 4.86. The van der Waals surface area contributed by atoms with Crippen LogP contribution in [0.4, 0.5) is 4.79 Å². The molecule has 0 spiro atoms. The highest BCUT2D eigenvalue weighted by Crippen LogP contribution is 2.18. The standard InChI is InChI=1S/C10H17NO6/c1-9(2,3)17-8(16)11(5)10(4,6(12)13)7(14)15/h1-5H3,(H,12,13)(H,14,15). The van der Waals surface area contributed by atoms with Gasteiger partial charge in [-0.05, 0) is 27.7 Å². The molecule has 0 heterocycles. The summed E-state index contributed by atoms with van der Waals surface area (Å²) in [6.45, 7) is 5.70. The summed E-state index contributed by atoms with van der Waals surface area (Å²) in [5.41, 5.74) is -3.19. The molecule has 0 aromatic rings. The second-order valence-corrected chi connectivity index (χ2v) is 4.72. The number of rotatable bonds is 3. The fraction of sp³-hybridized carbons (Fsp3) is 0.700. The Morgan fingerprint density at radius 1 is 1.00 bits per heavy atom. The number of hydrogen-bond acceptors (Lipinski definition) is 4. The molecule has 0 radical (unpaired) electrons. The van der Waals surface area contributed by atoms with Gasteiger partial charge in [0.25, 0.3) is 0 Å². The van der Waals surface area contributed by atoms with Crippen molar-refractivity contribution < 1.29 is 29.3 Å². The van der Waals surface area contributed by atoms with Crippen molar-refractivity contribution in [2.24, 2.45) is 0 Å². The quantitative estimate of drug-likeness (QED) is 0.714. The lowest BCUT2D eigenvalue weighted by molar-refractivity contribution is -0.164. The van der Waals surface area contributed by atoms with Crippen molar-refractivity contribution in [2.45, 2.75) is 38.8 Å². The van der Waals surface area contributed by atoms with Gasteiger partial charge >= 0.3 is 18.0 Å². The molecule has 0 unspecified atom stereocenters. The van der Waals surface area contributed by atoms with E-state index in [-0.39, 0.29) is 0 Å². The largest absolute Gasteiger partial charge is 0.479 e. The zero-order valence-corrected chi connectivity index (χ0v) is 10.5. The molecule has 7 nitrogen and oxygen atoms in total. The van der Waals surface area contributed by atoms with E-state index in [1.54, 1.807) is 20.8 Å². The molecule has 0 aliphatic heterocycles. The fourth-order valence-electron chi connectivity index (χ4n) is 0.891. The smallest absolute Gasteiger partial charge is 0.411 e. The highest BCUT2D eigenvalue weighted by Gasteiger charge is 2.49. The molecule has 0 rings (SSSR count). The van der Waals surface area contributed by atoms with Gasteiger partial charge in [0.1, 0.15) is 5.60 Å². The lowest BCUT2D eigenvalue weighted by Gasteiger charge is -2.32. The number of carbonyl (C=O) groups excluding carboxylic acids is 1. The Morgan fingerprint density at radius 2 is 1.35 bits per heavy atom. The van der Waals surface area contributed by atoms with E-state index in [1.165, 1.54) is 0 Å². The number of carbonyl (C=O) groups is 3. The number of likely N-dealkylation sites (N-methyl/N-ethyl adjacent to an activating group) is 1. The highest BCUT2D eigenvalue weighted by molar-refractivity contribution is 6.05. The Kier molecular flexibility index (Phi) is 4.12. The molecule has 2 N–H and O–H groups in total. The maximum atomic E-state index is 11.6. The van der Waals surface area contributed by atoms with Crippen molar-refractivity contribution in [1.29, 1.82) is 0 Å². The minimum atomic E-state index is -2.36. The lowest BCUT2D eigenvalue weighted by Crippen LogP contribution is -2.59. The van der Waals surface area contributed by atoms with Gasteiger partial charge in [-0.25, -0.2) is 14.4 Å². The molecule has 98 valence electrons. The van der Waals surface area contributed by atoms with Crippen molar-refractivity contribution in [3.63, 3.8) is 0 Å². The zero-order valence-electron chi connectivity index (χ0n) is 10.5. The summed E-state index contributed by atoms with van der Waals surface area (Å²) in [6.07, 6.45) is -1.01. The number of carboxylic acid groups (broad SMARTS) is 2. The Labute approximate surface area is 99.0 Å². The predicted molar refractivity (Wildman–Crippen MR) is 57.7 cm³/mol. The molecule has 0 bridgehead atoms. The van der Waals surface area contributed by atoms with Crippen molar-refractivity contribution in [1.82, 2.24) is 4.90 Å². The SMILES string of the molecule is CN(C(=O)OC(C)(C)C)C(C)(C(=O)O)C(=O)O. The van der Waals surface area contributed by atoms with E-state index in [1.807, 2.05) is 0 Å². The van der Waals surface area contributed by atoms with E-state index in [4.69, 9.17) is 14.9 Å². The lowest BCUT2D eigenvalue weighted by atomic mass is 10.0. The topological polar surface area (TPSA) is 104 Å². The Hall–Kier alpha value is -1.79. The first-order valence-corrected chi connectivity index (χ1v) is 4.86. The molecule has 0 saturated carbocycles. The molecule has 0 fully saturated rings. The van der Waals surface area contributed by atoms with Crippen LogP contribution in [0.25, 0.3) is 0 Å². The number of carboxylic acids is 2. The van der Waals surface area contributed by atoms with Crippen LogP contribution in [0.3, 0.4) is 0 Å². The third-order valence-electron chi connectivity index (χ3n) is 2.17. The molecule has 1 amide bonds. The minimum absolute atomic E-state index is 0.545. The summed E-state index contributed by atoms with van der Waals surface area (Å²) < 4.78 is 4.91. The monoisotopic (exact) mass is 247 g/mol. The second-order valence-electron chi connectivity index (χ2n) is 4.72. The van der Waals surface area contributed by atoms with Gasteiger partial charge in [0.05, 0.1) is 0 Å². The van der Waals surface area contributed by atoms with E-state index in [9.17, 15) is 14.4 Å². The number of hydrogen-bond donors (Lipinski definition) is 2. The number of amides is 1. The average Bonchev–Trinajstić information content (AvgIpc) is 2.11. The minimum Gasteiger partial charge on any atom is -0.479 e. The summed E-state index contributed by atoms with van der Waals surface area (Å²) in [6, 6.07) is 0. The number of nitrogens with zero attached hydrogens (tertiary/aromatic N) is 1. The molecule has 0 aromatic carbocycles. The van der Waals surface area contributed by atoms with E-state index < -0.39 is 29.2 Å². The summed E-state index contributed by atoms with van der Waals surface area (Å²) in [4.78, 5) is 34.0. The van der Waals surface area contributed by atoms with Crippen LogP contribution in [0.2, 0.25) is 0 Å². The third-order valence-corrected chi connectivity index (χ3v) is 2.17. The van der Waals surface area contributed by atoms with Crippen molar-refractivity contribution in [3.05, 3.63) is 0 Å².